The third kappa shape index (κ3) is 7.06. The Balaban J connectivity index is 1.79. The Morgan fingerprint density at radius 1 is 1.00 bits per heavy atom. The lowest BCUT2D eigenvalue weighted by Crippen LogP contribution is -2.38. The lowest BCUT2D eigenvalue weighted by atomic mass is 10.0. The first-order valence-electron chi connectivity index (χ1n) is 10.0. The summed E-state index contributed by atoms with van der Waals surface area (Å²) < 4.78 is 0. The van der Waals surface area contributed by atoms with Crippen LogP contribution in [0.2, 0.25) is 0 Å². The number of amides is 1. The van der Waals surface area contributed by atoms with E-state index in [1.807, 2.05) is 30.3 Å². The highest BCUT2D eigenvalue weighted by molar-refractivity contribution is 5.94. The maximum absolute atomic E-state index is 12.1. The molecule has 0 heterocycles. The van der Waals surface area contributed by atoms with E-state index in [2.05, 4.69) is 59.1 Å². The number of benzene rings is 2. The van der Waals surface area contributed by atoms with Gasteiger partial charge in [0.2, 0.25) is 0 Å². The number of nitrogens with zero attached hydrogens (tertiary/aromatic N) is 1. The predicted octanol–water partition coefficient (Wildman–Crippen LogP) is 3.69. The van der Waals surface area contributed by atoms with Crippen LogP contribution in [0.4, 0.5) is 0 Å². The number of hydrogen-bond donors (Lipinski definition) is 3. The summed E-state index contributed by atoms with van der Waals surface area (Å²) in [7, 11) is 1.77. The minimum Gasteiger partial charge on any atom is -0.356 e. The molecule has 1 unspecified atom stereocenters. The van der Waals surface area contributed by atoms with Gasteiger partial charge in [-0.1, -0.05) is 62.7 Å². The number of aliphatic imine (C=N–C) groups is 1. The molecule has 5 nitrogen and oxygen atoms in total. The lowest BCUT2D eigenvalue weighted by Gasteiger charge is -2.16. The van der Waals surface area contributed by atoms with Crippen molar-refractivity contribution in [1.29, 1.82) is 0 Å². The van der Waals surface area contributed by atoms with Gasteiger partial charge in [0, 0.05) is 32.2 Å². The molecule has 0 saturated carbocycles. The molecule has 1 atom stereocenters. The summed E-state index contributed by atoms with van der Waals surface area (Å²) in [6.07, 6.45) is 2.08. The zero-order chi connectivity index (χ0) is 20.2. The van der Waals surface area contributed by atoms with Crippen molar-refractivity contribution in [2.45, 2.75) is 39.2 Å². The van der Waals surface area contributed by atoms with E-state index in [0.717, 1.165) is 37.5 Å². The average Bonchev–Trinajstić information content (AvgIpc) is 2.74. The maximum atomic E-state index is 12.1. The van der Waals surface area contributed by atoms with Crippen LogP contribution in [0.15, 0.2) is 59.6 Å². The van der Waals surface area contributed by atoms with Crippen molar-refractivity contribution in [2.75, 3.05) is 20.1 Å². The minimum atomic E-state index is -0.0136. The average molecular weight is 381 g/mol. The number of unbranched alkanes of at least 4 members (excludes halogenated alkanes) is 1. The number of carbonyl (C=O) groups is 1. The van der Waals surface area contributed by atoms with Crippen LogP contribution in [0.5, 0.6) is 0 Å². The van der Waals surface area contributed by atoms with Gasteiger partial charge in [-0.3, -0.25) is 9.79 Å². The number of carbonyl (C=O) groups excluding carboxylic acids is 1. The van der Waals surface area contributed by atoms with Gasteiger partial charge in [-0.2, -0.15) is 0 Å². The summed E-state index contributed by atoms with van der Waals surface area (Å²) in [6.45, 7) is 6.48. The van der Waals surface area contributed by atoms with E-state index in [4.69, 9.17) is 0 Å². The fourth-order valence-electron chi connectivity index (χ4n) is 2.81. The first-order valence-corrected chi connectivity index (χ1v) is 10.0. The van der Waals surface area contributed by atoms with E-state index in [0.29, 0.717) is 18.0 Å². The van der Waals surface area contributed by atoms with Crippen LogP contribution in [0.3, 0.4) is 0 Å². The molecule has 2 aromatic rings. The summed E-state index contributed by atoms with van der Waals surface area (Å²) in [5.41, 5.74) is 3.10. The molecular weight excluding hydrogens is 348 g/mol. The van der Waals surface area contributed by atoms with Crippen LogP contribution in [0, 0.1) is 0 Å². The molecule has 0 radical (unpaired) electrons. The summed E-state index contributed by atoms with van der Waals surface area (Å²) in [5.74, 6) is 1.15. The Bertz CT molecular complexity index is 741. The Labute approximate surface area is 168 Å². The molecule has 5 heteroatoms. The van der Waals surface area contributed by atoms with Crippen LogP contribution in [0.1, 0.15) is 54.1 Å². The van der Waals surface area contributed by atoms with Crippen molar-refractivity contribution in [3.63, 3.8) is 0 Å². The molecule has 0 fully saturated rings. The van der Waals surface area contributed by atoms with E-state index >= 15 is 0 Å². The first-order chi connectivity index (χ1) is 13.6. The van der Waals surface area contributed by atoms with Gasteiger partial charge in [-0.15, -0.1) is 0 Å². The molecule has 3 N–H and O–H groups in total. The summed E-state index contributed by atoms with van der Waals surface area (Å²) >= 11 is 0. The smallest absolute Gasteiger partial charge is 0.251 e. The van der Waals surface area contributed by atoms with Crippen LogP contribution < -0.4 is 16.0 Å². The summed E-state index contributed by atoms with van der Waals surface area (Å²) in [6, 6.07) is 18.1. The van der Waals surface area contributed by atoms with Crippen molar-refractivity contribution in [3.05, 3.63) is 71.3 Å². The van der Waals surface area contributed by atoms with Gasteiger partial charge in [0.05, 0.1) is 0 Å². The Morgan fingerprint density at radius 3 is 2.36 bits per heavy atom. The Kier molecular flexibility index (Phi) is 9.05. The van der Waals surface area contributed by atoms with Crippen molar-refractivity contribution < 1.29 is 4.79 Å². The topological polar surface area (TPSA) is 65.5 Å². The number of nitrogens with one attached hydrogen (secondary N) is 3. The molecular formula is C23H32N4O. The van der Waals surface area contributed by atoms with Crippen LogP contribution in [-0.4, -0.2) is 32.0 Å². The second-order valence-electron chi connectivity index (χ2n) is 6.92. The van der Waals surface area contributed by atoms with Crippen molar-refractivity contribution in [1.82, 2.24) is 16.0 Å². The van der Waals surface area contributed by atoms with Crippen LogP contribution >= 0.6 is 0 Å². The Morgan fingerprint density at radius 2 is 1.71 bits per heavy atom. The first kappa shape index (κ1) is 21.5. The molecule has 28 heavy (non-hydrogen) atoms. The fourth-order valence-corrected chi connectivity index (χ4v) is 2.81. The molecule has 0 aliphatic carbocycles. The standard InChI is InChI=1S/C23H32N4O/c1-4-5-15-25-22(28)21-13-11-19(12-14-21)17-27-23(24-3)26-16-18(2)20-9-7-6-8-10-20/h6-14,18H,4-5,15-17H2,1-3H3,(H,25,28)(H2,24,26,27). The molecule has 0 bridgehead atoms. The van der Waals surface area contributed by atoms with Gasteiger partial charge in [0.1, 0.15) is 0 Å². The molecule has 1 amide bonds. The quantitative estimate of drug-likeness (QED) is 0.353. The Hall–Kier alpha value is -2.82. The second kappa shape index (κ2) is 11.8. The lowest BCUT2D eigenvalue weighted by molar-refractivity contribution is 0.0953. The van der Waals surface area contributed by atoms with Crippen LogP contribution in [0.25, 0.3) is 0 Å². The number of hydrogen-bond acceptors (Lipinski definition) is 2. The molecule has 2 aromatic carbocycles. The van der Waals surface area contributed by atoms with Gasteiger partial charge in [-0.25, -0.2) is 0 Å². The third-order valence-electron chi connectivity index (χ3n) is 4.66. The van der Waals surface area contributed by atoms with E-state index in [1.54, 1.807) is 7.05 Å². The van der Waals surface area contributed by atoms with Crippen molar-refractivity contribution >= 4 is 11.9 Å². The number of rotatable bonds is 9. The number of guanidine groups is 1. The second-order valence-corrected chi connectivity index (χ2v) is 6.92. The molecule has 2 rings (SSSR count). The monoisotopic (exact) mass is 380 g/mol. The van der Waals surface area contributed by atoms with E-state index in [-0.39, 0.29) is 5.91 Å². The zero-order valence-corrected chi connectivity index (χ0v) is 17.2. The van der Waals surface area contributed by atoms with Crippen LogP contribution in [-0.2, 0) is 6.54 Å². The molecule has 0 spiro atoms. The SMILES string of the molecule is CCCCNC(=O)c1ccc(CNC(=NC)NCC(C)c2ccccc2)cc1. The highest BCUT2D eigenvalue weighted by Crippen LogP contribution is 2.12. The fraction of sp³-hybridized carbons (Fsp3) is 0.391. The van der Waals surface area contributed by atoms with E-state index < -0.39 is 0 Å². The molecule has 0 aliphatic rings. The highest BCUT2D eigenvalue weighted by atomic mass is 16.1. The highest BCUT2D eigenvalue weighted by Gasteiger charge is 2.07. The zero-order valence-electron chi connectivity index (χ0n) is 17.2. The van der Waals surface area contributed by atoms with E-state index in [9.17, 15) is 4.79 Å². The molecule has 0 saturated heterocycles. The van der Waals surface area contributed by atoms with Gasteiger partial charge in [0.25, 0.3) is 5.91 Å². The molecule has 0 aliphatic heterocycles. The van der Waals surface area contributed by atoms with Gasteiger partial charge in [0.15, 0.2) is 5.96 Å². The van der Waals surface area contributed by atoms with Crippen molar-refractivity contribution in [3.8, 4) is 0 Å². The summed E-state index contributed by atoms with van der Waals surface area (Å²) in [4.78, 5) is 16.3. The van der Waals surface area contributed by atoms with Gasteiger partial charge in [-0.05, 0) is 35.6 Å². The summed E-state index contributed by atoms with van der Waals surface area (Å²) in [5, 5.41) is 9.63. The molecule has 150 valence electrons. The minimum absolute atomic E-state index is 0.0136. The maximum Gasteiger partial charge on any atom is 0.251 e. The largest absolute Gasteiger partial charge is 0.356 e. The van der Waals surface area contributed by atoms with Gasteiger partial charge >= 0.3 is 0 Å². The normalized spacial score (nSPS) is 12.3. The van der Waals surface area contributed by atoms with E-state index in [1.165, 1.54) is 5.56 Å². The molecule has 0 aromatic heterocycles. The van der Waals surface area contributed by atoms with Gasteiger partial charge < -0.3 is 16.0 Å². The van der Waals surface area contributed by atoms with Crippen molar-refractivity contribution in [2.24, 2.45) is 4.99 Å². The third-order valence-corrected chi connectivity index (χ3v) is 4.66. The predicted molar refractivity (Wildman–Crippen MR) is 117 cm³/mol.